The van der Waals surface area contributed by atoms with Gasteiger partial charge in [0.25, 0.3) is 0 Å². The highest BCUT2D eigenvalue weighted by Crippen LogP contribution is 2.30. The second-order valence-corrected chi connectivity index (χ2v) is 5.11. The molecule has 106 valence electrons. The van der Waals surface area contributed by atoms with E-state index in [-0.39, 0.29) is 22.0 Å². The Kier molecular flexibility index (Phi) is 4.94. The zero-order valence-corrected chi connectivity index (χ0v) is 11.8. The maximum atomic E-state index is 13.9. The number of nitrogens with two attached hydrogens (primary N) is 1. The molecule has 0 bridgehead atoms. The Morgan fingerprint density at radius 1 is 1.10 bits per heavy atom. The Labute approximate surface area is 125 Å². The van der Waals surface area contributed by atoms with E-state index in [0.29, 0.717) is 5.56 Å². The van der Waals surface area contributed by atoms with E-state index in [1.807, 2.05) is 0 Å². The van der Waals surface area contributed by atoms with E-state index in [4.69, 9.17) is 29.0 Å². The Balaban J connectivity index is 2.34. The van der Waals surface area contributed by atoms with Gasteiger partial charge in [0.05, 0.1) is 6.04 Å². The van der Waals surface area contributed by atoms with Gasteiger partial charge >= 0.3 is 0 Å². The monoisotopic (exact) mass is 316 g/mol. The summed E-state index contributed by atoms with van der Waals surface area (Å²) < 4.78 is 26.9. The molecular formula is C14H12Cl2F2N2. The van der Waals surface area contributed by atoms with Gasteiger partial charge in [-0.1, -0.05) is 35.3 Å². The van der Waals surface area contributed by atoms with E-state index in [0.717, 1.165) is 0 Å². The molecule has 2 rings (SSSR count). The molecule has 0 fully saturated rings. The lowest BCUT2D eigenvalue weighted by atomic mass is 9.98. The first-order valence-electron chi connectivity index (χ1n) is 5.87. The van der Waals surface area contributed by atoms with Crippen LogP contribution in [0.3, 0.4) is 0 Å². The fourth-order valence-electron chi connectivity index (χ4n) is 2.00. The Bertz CT molecular complexity index is 600. The lowest BCUT2D eigenvalue weighted by Crippen LogP contribution is -2.30. The largest absolute Gasteiger partial charge is 0.271 e. The van der Waals surface area contributed by atoms with Gasteiger partial charge in [0.15, 0.2) is 0 Å². The average Bonchev–Trinajstić information content (AvgIpc) is 2.39. The zero-order valence-electron chi connectivity index (χ0n) is 10.3. The summed E-state index contributed by atoms with van der Waals surface area (Å²) in [5, 5.41) is 0.531. The lowest BCUT2D eigenvalue weighted by Gasteiger charge is -2.19. The van der Waals surface area contributed by atoms with Crippen molar-refractivity contribution in [3.8, 4) is 0 Å². The normalized spacial score (nSPS) is 12.4. The van der Waals surface area contributed by atoms with E-state index in [1.165, 1.54) is 30.3 Å². The highest BCUT2D eigenvalue weighted by Gasteiger charge is 2.19. The number of halogens is 4. The van der Waals surface area contributed by atoms with Crippen LogP contribution in [-0.4, -0.2) is 0 Å². The maximum Gasteiger partial charge on any atom is 0.129 e. The number of hydrogen-bond acceptors (Lipinski definition) is 2. The molecule has 2 nitrogen and oxygen atoms in total. The predicted molar refractivity (Wildman–Crippen MR) is 76.6 cm³/mol. The minimum atomic E-state index is -0.563. The summed E-state index contributed by atoms with van der Waals surface area (Å²) in [6, 6.07) is 7.86. The summed E-state index contributed by atoms with van der Waals surface area (Å²) in [5.74, 6) is 4.59. The third-order valence-electron chi connectivity index (χ3n) is 2.99. The van der Waals surface area contributed by atoms with Crippen LogP contribution in [-0.2, 0) is 6.42 Å². The summed E-state index contributed by atoms with van der Waals surface area (Å²) in [6.45, 7) is 0. The van der Waals surface area contributed by atoms with Gasteiger partial charge in [0.1, 0.15) is 11.6 Å². The van der Waals surface area contributed by atoms with Crippen molar-refractivity contribution in [3.63, 3.8) is 0 Å². The van der Waals surface area contributed by atoms with E-state index in [2.05, 4.69) is 5.43 Å². The van der Waals surface area contributed by atoms with Gasteiger partial charge in [-0.3, -0.25) is 11.3 Å². The van der Waals surface area contributed by atoms with Gasteiger partial charge in [-0.05, 0) is 36.2 Å². The number of hydrazine groups is 1. The van der Waals surface area contributed by atoms with Crippen LogP contribution in [0.4, 0.5) is 8.78 Å². The second-order valence-electron chi connectivity index (χ2n) is 4.29. The van der Waals surface area contributed by atoms with Gasteiger partial charge in [-0.15, -0.1) is 0 Å². The third kappa shape index (κ3) is 3.27. The first-order chi connectivity index (χ1) is 9.52. The van der Waals surface area contributed by atoms with Crippen molar-refractivity contribution in [2.75, 3.05) is 0 Å². The Morgan fingerprint density at radius 2 is 1.85 bits per heavy atom. The van der Waals surface area contributed by atoms with Gasteiger partial charge in [-0.2, -0.15) is 0 Å². The van der Waals surface area contributed by atoms with Crippen LogP contribution in [0, 0.1) is 11.6 Å². The van der Waals surface area contributed by atoms with Crippen LogP contribution in [0.1, 0.15) is 17.2 Å². The number of hydrogen-bond donors (Lipinski definition) is 2. The summed E-state index contributed by atoms with van der Waals surface area (Å²) in [6.07, 6.45) is 0.288. The standard InChI is InChI=1S/C14H12Cl2F2N2/c15-10-2-1-3-12(18)14(10)13(20-19)6-8-4-5-9(17)7-11(8)16/h1-5,7,13,20H,6,19H2. The molecule has 3 N–H and O–H groups in total. The molecule has 0 saturated heterocycles. The summed E-state index contributed by atoms with van der Waals surface area (Å²) in [7, 11) is 0. The van der Waals surface area contributed by atoms with Crippen molar-refractivity contribution in [1.82, 2.24) is 5.43 Å². The zero-order chi connectivity index (χ0) is 14.7. The molecule has 0 aliphatic heterocycles. The SMILES string of the molecule is NNC(Cc1ccc(F)cc1Cl)c1c(F)cccc1Cl. The molecule has 20 heavy (non-hydrogen) atoms. The minimum Gasteiger partial charge on any atom is -0.271 e. The van der Waals surface area contributed by atoms with E-state index >= 15 is 0 Å². The highest BCUT2D eigenvalue weighted by molar-refractivity contribution is 6.31. The van der Waals surface area contributed by atoms with Crippen LogP contribution in [0.25, 0.3) is 0 Å². The second kappa shape index (κ2) is 6.50. The quantitative estimate of drug-likeness (QED) is 0.660. The molecule has 0 aliphatic rings. The van der Waals surface area contributed by atoms with E-state index in [1.54, 1.807) is 6.07 Å². The molecule has 0 spiro atoms. The van der Waals surface area contributed by atoms with Gasteiger partial charge in [-0.25, -0.2) is 8.78 Å². The van der Waals surface area contributed by atoms with Crippen LogP contribution in [0.15, 0.2) is 36.4 Å². The fraction of sp³-hybridized carbons (Fsp3) is 0.143. The molecule has 2 aromatic rings. The molecule has 2 aromatic carbocycles. The summed E-state index contributed by atoms with van der Waals surface area (Å²) in [5.41, 5.74) is 3.42. The molecule has 6 heteroatoms. The van der Waals surface area contributed by atoms with Crippen molar-refractivity contribution >= 4 is 23.2 Å². The van der Waals surface area contributed by atoms with E-state index in [9.17, 15) is 8.78 Å². The molecule has 0 aromatic heterocycles. The van der Waals surface area contributed by atoms with Gasteiger partial charge < -0.3 is 0 Å². The van der Waals surface area contributed by atoms with Crippen LogP contribution >= 0.6 is 23.2 Å². The molecule has 0 amide bonds. The first-order valence-corrected chi connectivity index (χ1v) is 6.62. The molecule has 0 radical (unpaired) electrons. The van der Waals surface area contributed by atoms with Crippen LogP contribution in [0.5, 0.6) is 0 Å². The molecule has 0 saturated carbocycles. The minimum absolute atomic E-state index is 0.261. The Hall–Kier alpha value is -1.20. The smallest absolute Gasteiger partial charge is 0.129 e. The third-order valence-corrected chi connectivity index (χ3v) is 3.67. The van der Waals surface area contributed by atoms with Crippen molar-refractivity contribution in [2.45, 2.75) is 12.5 Å². The number of nitrogens with one attached hydrogen (secondary N) is 1. The van der Waals surface area contributed by atoms with Crippen LogP contribution in [0.2, 0.25) is 10.0 Å². The first kappa shape index (κ1) is 15.2. The molecule has 1 unspecified atom stereocenters. The molecular weight excluding hydrogens is 305 g/mol. The lowest BCUT2D eigenvalue weighted by molar-refractivity contribution is 0.510. The number of benzene rings is 2. The van der Waals surface area contributed by atoms with Crippen molar-refractivity contribution in [1.29, 1.82) is 0 Å². The van der Waals surface area contributed by atoms with Gasteiger partial charge in [0.2, 0.25) is 0 Å². The topological polar surface area (TPSA) is 38.0 Å². The van der Waals surface area contributed by atoms with Crippen molar-refractivity contribution in [2.24, 2.45) is 5.84 Å². The average molecular weight is 317 g/mol. The number of rotatable bonds is 4. The highest BCUT2D eigenvalue weighted by atomic mass is 35.5. The Morgan fingerprint density at radius 3 is 2.45 bits per heavy atom. The predicted octanol–water partition coefficient (Wildman–Crippen LogP) is 4.02. The molecule has 0 aliphatic carbocycles. The van der Waals surface area contributed by atoms with Crippen molar-refractivity contribution < 1.29 is 8.78 Å². The van der Waals surface area contributed by atoms with E-state index < -0.39 is 17.7 Å². The van der Waals surface area contributed by atoms with Crippen molar-refractivity contribution in [3.05, 3.63) is 69.2 Å². The fourth-order valence-corrected chi connectivity index (χ4v) is 2.53. The molecule has 0 heterocycles. The van der Waals surface area contributed by atoms with Gasteiger partial charge in [0, 0.05) is 15.6 Å². The maximum absolute atomic E-state index is 13.9. The summed E-state index contributed by atoms with van der Waals surface area (Å²) in [4.78, 5) is 0. The van der Waals surface area contributed by atoms with Crippen LogP contribution < -0.4 is 11.3 Å². The summed E-state index contributed by atoms with van der Waals surface area (Å²) >= 11 is 12.0. The molecule has 1 atom stereocenters.